The average molecular weight is 611 g/mol. The SMILES string of the molecule is C=CC(=O)N1CCN(Cc2c(O)ccc3[nH]c(C(=O)c4cc5cc(NC(=O)Nc6cc(C(C)(C)C)on6)ccc5o4)cc23)CC1. The number of nitrogens with one attached hydrogen (secondary N) is 3. The molecule has 45 heavy (non-hydrogen) atoms. The van der Waals surface area contributed by atoms with Crippen molar-refractivity contribution in [1.82, 2.24) is 19.9 Å². The standard InChI is InChI=1S/C33H34N6O6/c1-5-30(41)39-12-10-38(11-13-39)18-22-21-16-24(35-23(21)7-8-25(22)40)31(42)27-15-19-14-20(6-9-26(19)44-27)34-32(43)36-29-17-28(45-37-29)33(2,3)4/h5-9,14-17,35,40H,1,10-13,18H2,2-4H3,(H2,34,36,37,43). The summed E-state index contributed by atoms with van der Waals surface area (Å²) < 4.78 is 11.2. The van der Waals surface area contributed by atoms with Gasteiger partial charge in [0, 0.05) is 71.7 Å². The molecule has 0 saturated carbocycles. The van der Waals surface area contributed by atoms with Crippen molar-refractivity contribution in [3.05, 3.63) is 84.0 Å². The van der Waals surface area contributed by atoms with E-state index in [1.54, 1.807) is 53.4 Å². The highest BCUT2D eigenvalue weighted by Gasteiger charge is 2.24. The van der Waals surface area contributed by atoms with Crippen molar-refractivity contribution < 1.29 is 28.4 Å². The maximum Gasteiger partial charge on any atom is 0.324 e. The van der Waals surface area contributed by atoms with Crippen LogP contribution in [0.2, 0.25) is 0 Å². The number of nitrogens with zero attached hydrogens (tertiary/aromatic N) is 3. The number of phenols is 1. The van der Waals surface area contributed by atoms with Crippen LogP contribution in [0.4, 0.5) is 16.3 Å². The Kier molecular flexibility index (Phi) is 7.67. The van der Waals surface area contributed by atoms with Crippen LogP contribution in [0.1, 0.15) is 48.3 Å². The van der Waals surface area contributed by atoms with Gasteiger partial charge in [0.05, 0.1) is 5.69 Å². The molecule has 1 saturated heterocycles. The lowest BCUT2D eigenvalue weighted by atomic mass is 9.93. The first-order valence-corrected chi connectivity index (χ1v) is 14.6. The molecule has 4 N–H and O–H groups in total. The third kappa shape index (κ3) is 6.18. The van der Waals surface area contributed by atoms with E-state index in [9.17, 15) is 19.5 Å². The van der Waals surface area contributed by atoms with Crippen molar-refractivity contribution in [2.75, 3.05) is 36.8 Å². The van der Waals surface area contributed by atoms with Gasteiger partial charge in [0.1, 0.15) is 17.1 Å². The lowest BCUT2D eigenvalue weighted by Crippen LogP contribution is -2.47. The van der Waals surface area contributed by atoms with Crippen LogP contribution in [0, 0.1) is 0 Å². The van der Waals surface area contributed by atoms with Gasteiger partial charge in [0.2, 0.25) is 11.7 Å². The van der Waals surface area contributed by atoms with Gasteiger partial charge in [0.25, 0.3) is 0 Å². The Morgan fingerprint density at radius 1 is 1.04 bits per heavy atom. The predicted octanol–water partition coefficient (Wildman–Crippen LogP) is 5.61. The van der Waals surface area contributed by atoms with Crippen LogP contribution in [0.5, 0.6) is 5.75 Å². The van der Waals surface area contributed by atoms with Gasteiger partial charge in [-0.25, -0.2) is 4.79 Å². The van der Waals surface area contributed by atoms with Crippen LogP contribution in [-0.2, 0) is 16.8 Å². The van der Waals surface area contributed by atoms with Gasteiger partial charge in [-0.05, 0) is 48.5 Å². The Morgan fingerprint density at radius 2 is 1.82 bits per heavy atom. The lowest BCUT2D eigenvalue weighted by molar-refractivity contribution is -0.127. The summed E-state index contributed by atoms with van der Waals surface area (Å²) in [5, 5.41) is 21.4. The molecule has 4 heterocycles. The molecule has 2 aromatic carbocycles. The molecule has 0 aliphatic carbocycles. The number of H-pyrrole nitrogens is 1. The van der Waals surface area contributed by atoms with Gasteiger partial charge in [-0.2, -0.15) is 0 Å². The number of carbonyl (C=O) groups excluding carboxylic acids is 3. The summed E-state index contributed by atoms with van der Waals surface area (Å²) in [6, 6.07) is 12.9. The van der Waals surface area contributed by atoms with E-state index in [2.05, 4.69) is 32.3 Å². The van der Waals surface area contributed by atoms with Crippen molar-refractivity contribution in [3.8, 4) is 5.75 Å². The Bertz CT molecular complexity index is 1940. The van der Waals surface area contributed by atoms with Gasteiger partial charge >= 0.3 is 6.03 Å². The van der Waals surface area contributed by atoms with E-state index >= 15 is 0 Å². The Morgan fingerprint density at radius 3 is 2.53 bits per heavy atom. The Balaban J connectivity index is 1.16. The van der Waals surface area contributed by atoms with E-state index in [0.29, 0.717) is 77.7 Å². The van der Waals surface area contributed by atoms with Gasteiger partial charge in [-0.3, -0.25) is 19.8 Å². The Labute approximate surface area is 258 Å². The number of rotatable bonds is 7. The first-order chi connectivity index (χ1) is 21.5. The normalized spacial score (nSPS) is 14.2. The summed E-state index contributed by atoms with van der Waals surface area (Å²) in [4.78, 5) is 45.1. The average Bonchev–Trinajstić information content (AvgIpc) is 3.76. The largest absolute Gasteiger partial charge is 0.508 e. The quantitative estimate of drug-likeness (QED) is 0.137. The van der Waals surface area contributed by atoms with E-state index in [1.165, 1.54) is 6.08 Å². The zero-order valence-electron chi connectivity index (χ0n) is 25.3. The summed E-state index contributed by atoms with van der Waals surface area (Å²) >= 11 is 0. The second-order valence-electron chi connectivity index (χ2n) is 12.1. The minimum Gasteiger partial charge on any atom is -0.508 e. The van der Waals surface area contributed by atoms with Crippen LogP contribution in [-0.4, -0.2) is 68.9 Å². The molecule has 1 aliphatic rings. The fourth-order valence-corrected chi connectivity index (χ4v) is 5.35. The number of fused-ring (bicyclic) bond motifs is 2. The molecule has 0 radical (unpaired) electrons. The maximum atomic E-state index is 13.5. The molecule has 0 unspecified atom stereocenters. The Hall–Kier alpha value is -5.36. The number of amides is 3. The highest BCUT2D eigenvalue weighted by Crippen LogP contribution is 2.31. The molecule has 12 heteroatoms. The maximum absolute atomic E-state index is 13.5. The zero-order valence-corrected chi connectivity index (χ0v) is 25.3. The molecular formula is C33H34N6O6. The topological polar surface area (TPSA) is 157 Å². The number of urea groups is 1. The molecule has 0 spiro atoms. The molecule has 232 valence electrons. The van der Waals surface area contributed by atoms with Gasteiger partial charge in [-0.15, -0.1) is 0 Å². The van der Waals surface area contributed by atoms with E-state index in [0.717, 1.165) is 5.39 Å². The first kappa shape index (κ1) is 29.7. The minimum absolute atomic E-state index is 0.0883. The summed E-state index contributed by atoms with van der Waals surface area (Å²) in [6.45, 7) is 12.4. The number of aromatic hydroxyl groups is 1. The molecule has 3 aromatic heterocycles. The number of aromatic nitrogens is 2. The zero-order chi connectivity index (χ0) is 31.9. The van der Waals surface area contributed by atoms with E-state index < -0.39 is 6.03 Å². The monoisotopic (exact) mass is 610 g/mol. The van der Waals surface area contributed by atoms with Crippen molar-refractivity contribution in [3.63, 3.8) is 0 Å². The van der Waals surface area contributed by atoms with E-state index in [-0.39, 0.29) is 28.6 Å². The molecule has 0 atom stereocenters. The number of ketones is 1. The number of aromatic amines is 1. The third-order valence-corrected chi connectivity index (χ3v) is 7.86. The van der Waals surface area contributed by atoms with Crippen LogP contribution in [0.25, 0.3) is 21.9 Å². The summed E-state index contributed by atoms with van der Waals surface area (Å²) in [5.41, 5.74) is 2.47. The summed E-state index contributed by atoms with van der Waals surface area (Å²) in [6.07, 6.45) is 1.32. The van der Waals surface area contributed by atoms with Gasteiger partial charge < -0.3 is 29.2 Å². The van der Waals surface area contributed by atoms with Gasteiger partial charge in [0.15, 0.2) is 11.6 Å². The highest BCUT2D eigenvalue weighted by molar-refractivity contribution is 6.11. The van der Waals surface area contributed by atoms with Crippen LogP contribution in [0.3, 0.4) is 0 Å². The highest BCUT2D eigenvalue weighted by atomic mass is 16.5. The summed E-state index contributed by atoms with van der Waals surface area (Å²) in [5.74, 6) is 0.772. The van der Waals surface area contributed by atoms with Crippen molar-refractivity contribution in [2.45, 2.75) is 32.7 Å². The number of hydrogen-bond acceptors (Lipinski definition) is 8. The number of hydrogen-bond donors (Lipinski definition) is 4. The summed E-state index contributed by atoms with van der Waals surface area (Å²) in [7, 11) is 0. The first-order valence-electron chi connectivity index (χ1n) is 14.6. The molecule has 0 bridgehead atoms. The van der Waals surface area contributed by atoms with Crippen molar-refractivity contribution in [1.29, 1.82) is 0 Å². The molecular weight excluding hydrogens is 576 g/mol. The number of furan rings is 1. The number of anilines is 2. The second-order valence-corrected chi connectivity index (χ2v) is 12.1. The fourth-order valence-electron chi connectivity index (χ4n) is 5.35. The van der Waals surface area contributed by atoms with Crippen molar-refractivity contribution >= 4 is 51.1 Å². The van der Waals surface area contributed by atoms with Crippen LogP contribution >= 0.6 is 0 Å². The second kappa shape index (κ2) is 11.6. The minimum atomic E-state index is -0.493. The smallest absolute Gasteiger partial charge is 0.324 e. The molecule has 12 nitrogen and oxygen atoms in total. The number of phenolic OH excluding ortho intramolecular Hbond substituents is 1. The molecule has 1 aliphatic heterocycles. The molecule has 5 aromatic rings. The van der Waals surface area contributed by atoms with Crippen LogP contribution < -0.4 is 10.6 Å². The molecule has 1 fully saturated rings. The molecule has 6 rings (SSSR count). The van der Waals surface area contributed by atoms with E-state index in [4.69, 9.17) is 8.94 Å². The van der Waals surface area contributed by atoms with Crippen molar-refractivity contribution in [2.24, 2.45) is 0 Å². The predicted molar refractivity (Wildman–Crippen MR) is 170 cm³/mol. The number of carbonyl (C=O) groups is 3. The molecule has 3 amide bonds. The third-order valence-electron chi connectivity index (χ3n) is 7.86. The van der Waals surface area contributed by atoms with E-state index in [1.807, 2.05) is 20.8 Å². The number of benzene rings is 2. The lowest BCUT2D eigenvalue weighted by Gasteiger charge is -2.34. The fraction of sp³-hybridized carbons (Fsp3) is 0.273. The van der Waals surface area contributed by atoms with Crippen LogP contribution in [0.15, 0.2) is 70.1 Å². The van der Waals surface area contributed by atoms with Gasteiger partial charge in [-0.1, -0.05) is 32.5 Å². The number of piperazine rings is 1.